The molecule has 0 saturated heterocycles. The van der Waals surface area contributed by atoms with E-state index in [0.717, 1.165) is 12.8 Å². The Labute approximate surface area is 266 Å². The summed E-state index contributed by atoms with van der Waals surface area (Å²) in [7, 11) is -1.69. The minimum atomic E-state index is -1.69. The first-order valence-corrected chi connectivity index (χ1v) is 20.3. The minimum Gasteiger partial charge on any atom is -0.463 e. The number of ether oxygens (including phenoxy) is 6. The van der Waals surface area contributed by atoms with Crippen LogP contribution in [0.3, 0.4) is 0 Å². The van der Waals surface area contributed by atoms with Crippen molar-refractivity contribution in [3.05, 3.63) is 0 Å². The van der Waals surface area contributed by atoms with Gasteiger partial charge in [-0.1, -0.05) is 105 Å². The van der Waals surface area contributed by atoms with Gasteiger partial charge in [-0.25, -0.2) is 0 Å². The second-order valence-corrected chi connectivity index (χ2v) is 17.7. The second-order valence-electron chi connectivity index (χ2n) is 12.9. The van der Waals surface area contributed by atoms with Gasteiger partial charge in [0, 0.05) is 6.42 Å². The van der Waals surface area contributed by atoms with Crippen molar-refractivity contribution in [1.82, 2.24) is 0 Å². The van der Waals surface area contributed by atoms with Crippen molar-refractivity contribution in [2.24, 2.45) is 0 Å². The quantitative estimate of drug-likeness (QED) is 0.0407. The van der Waals surface area contributed by atoms with E-state index in [9.17, 15) is 4.79 Å². The zero-order chi connectivity index (χ0) is 31.9. The maximum atomic E-state index is 11.8. The van der Waals surface area contributed by atoms with E-state index in [1.165, 1.54) is 70.6 Å². The van der Waals surface area contributed by atoms with Crippen LogP contribution in [0, 0.1) is 0 Å². The maximum absolute atomic E-state index is 11.8. The summed E-state index contributed by atoms with van der Waals surface area (Å²) in [6, 6.07) is 0. The van der Waals surface area contributed by atoms with E-state index < -0.39 is 8.32 Å². The van der Waals surface area contributed by atoms with Gasteiger partial charge in [-0.3, -0.25) is 4.79 Å². The molecule has 0 bridgehead atoms. The summed E-state index contributed by atoms with van der Waals surface area (Å²) in [5, 5.41) is 0.220. The van der Waals surface area contributed by atoms with Gasteiger partial charge in [-0.2, -0.15) is 0 Å². The molecule has 0 saturated carbocycles. The summed E-state index contributed by atoms with van der Waals surface area (Å²) >= 11 is 0. The minimum absolute atomic E-state index is 0.122. The smallest absolute Gasteiger partial charge is 0.305 e. The molecule has 0 aromatic carbocycles. The fraction of sp³-hybridized carbons (Fsp3) is 0.971. The molecular weight excluding hydrogens is 564 g/mol. The van der Waals surface area contributed by atoms with Crippen LogP contribution >= 0.6 is 0 Å². The Morgan fingerprint density at radius 2 is 0.814 bits per heavy atom. The molecule has 0 aliphatic carbocycles. The molecule has 0 fully saturated rings. The zero-order valence-electron chi connectivity index (χ0n) is 29.2. The average Bonchev–Trinajstić information content (AvgIpc) is 2.96. The molecule has 0 unspecified atom stereocenters. The number of esters is 1. The first-order chi connectivity index (χ1) is 20.7. The molecule has 0 atom stereocenters. The van der Waals surface area contributed by atoms with Crippen LogP contribution in [0.15, 0.2) is 0 Å². The summed E-state index contributed by atoms with van der Waals surface area (Å²) in [6.45, 7) is 19.6. The molecular formula is C34H70O8Si. The van der Waals surface area contributed by atoms with Gasteiger partial charge >= 0.3 is 5.97 Å². The molecule has 0 aliphatic rings. The van der Waals surface area contributed by atoms with Crippen molar-refractivity contribution in [3.63, 3.8) is 0 Å². The fourth-order valence-corrected chi connectivity index (χ4v) is 5.15. The van der Waals surface area contributed by atoms with Gasteiger partial charge in [0.25, 0.3) is 0 Å². The number of carbonyl (C=O) groups excluding carboxylic acids is 1. The number of hydrogen-bond donors (Lipinski definition) is 0. The molecule has 0 amide bonds. The monoisotopic (exact) mass is 634 g/mol. The van der Waals surface area contributed by atoms with Crippen molar-refractivity contribution in [1.29, 1.82) is 0 Å². The number of hydrogen-bond acceptors (Lipinski definition) is 8. The van der Waals surface area contributed by atoms with Gasteiger partial charge < -0.3 is 32.8 Å². The van der Waals surface area contributed by atoms with Crippen molar-refractivity contribution < 1.29 is 37.6 Å². The molecule has 9 heteroatoms. The predicted molar refractivity (Wildman–Crippen MR) is 179 cm³/mol. The van der Waals surface area contributed by atoms with E-state index in [2.05, 4.69) is 40.8 Å². The average molecular weight is 635 g/mol. The highest BCUT2D eigenvalue weighted by Gasteiger charge is 2.36. The third kappa shape index (κ3) is 29.9. The van der Waals surface area contributed by atoms with Gasteiger partial charge in [0.15, 0.2) is 8.32 Å². The van der Waals surface area contributed by atoms with Crippen molar-refractivity contribution in [2.45, 2.75) is 136 Å². The summed E-state index contributed by atoms with van der Waals surface area (Å²) in [5.74, 6) is -0.122. The Bertz CT molecular complexity index is 597. The highest BCUT2D eigenvalue weighted by Crippen LogP contribution is 2.36. The molecule has 0 radical (unpaired) electrons. The molecule has 0 spiro atoms. The maximum Gasteiger partial charge on any atom is 0.305 e. The van der Waals surface area contributed by atoms with E-state index in [0.29, 0.717) is 85.7 Å². The molecule has 0 aromatic rings. The fourth-order valence-electron chi connectivity index (χ4n) is 4.13. The zero-order valence-corrected chi connectivity index (χ0v) is 30.2. The molecule has 0 rings (SSSR count). The van der Waals surface area contributed by atoms with Gasteiger partial charge in [0.2, 0.25) is 0 Å². The van der Waals surface area contributed by atoms with E-state index in [1.54, 1.807) is 0 Å². The summed E-state index contributed by atoms with van der Waals surface area (Å²) < 4.78 is 38.9. The Morgan fingerprint density at radius 3 is 1.19 bits per heavy atom. The molecule has 0 aliphatic heterocycles. The molecule has 8 nitrogen and oxygen atoms in total. The number of carbonyl (C=O) groups is 1. The van der Waals surface area contributed by atoms with Gasteiger partial charge in [-0.05, 0) is 24.6 Å². The number of unbranched alkanes of at least 4 members (excludes halogenated alkanes) is 12. The molecule has 0 heterocycles. The van der Waals surface area contributed by atoms with Crippen molar-refractivity contribution in [3.8, 4) is 0 Å². The van der Waals surface area contributed by atoms with Crippen molar-refractivity contribution >= 4 is 14.3 Å². The molecule has 43 heavy (non-hydrogen) atoms. The lowest BCUT2D eigenvalue weighted by atomic mass is 10.0. The SMILES string of the molecule is CCCCCCCCCCCCCCCC(=O)OCCOCCOCCOCCOCCOCCO[Si](C)(C)C(C)(C)C. The standard InChI is InChI=1S/C34H70O8Si/c1-7-8-9-10-11-12-13-14-15-16-17-18-19-20-33(35)41-31-29-39-27-25-37-23-21-36-22-24-38-26-28-40-30-32-42-43(5,6)34(2,3)4/h7-32H2,1-6H3. The van der Waals surface area contributed by atoms with Crippen LogP contribution in [0.5, 0.6) is 0 Å². The van der Waals surface area contributed by atoms with E-state index in [4.69, 9.17) is 32.8 Å². The third-order valence-corrected chi connectivity index (χ3v) is 12.5. The Balaban J connectivity index is 3.23. The van der Waals surface area contributed by atoms with Crippen LogP contribution in [0.4, 0.5) is 0 Å². The lowest BCUT2D eigenvalue weighted by molar-refractivity contribution is -0.145. The second kappa shape index (κ2) is 30.1. The van der Waals surface area contributed by atoms with E-state index >= 15 is 0 Å². The Hall–Kier alpha value is -0.553. The summed E-state index contributed by atoms with van der Waals surface area (Å²) in [6.07, 6.45) is 17.4. The first-order valence-electron chi connectivity index (χ1n) is 17.4. The Morgan fingerprint density at radius 1 is 0.488 bits per heavy atom. The topological polar surface area (TPSA) is 81.7 Å². The molecule has 0 aromatic heterocycles. The first kappa shape index (κ1) is 42.4. The normalized spacial score (nSPS) is 12.2. The highest BCUT2D eigenvalue weighted by atomic mass is 28.4. The highest BCUT2D eigenvalue weighted by molar-refractivity contribution is 6.74. The van der Waals surface area contributed by atoms with Gasteiger partial charge in [-0.15, -0.1) is 0 Å². The van der Waals surface area contributed by atoms with Gasteiger partial charge in [0.05, 0.1) is 72.7 Å². The van der Waals surface area contributed by atoms with Gasteiger partial charge in [0.1, 0.15) is 6.61 Å². The lowest BCUT2D eigenvalue weighted by Gasteiger charge is -2.36. The largest absolute Gasteiger partial charge is 0.463 e. The van der Waals surface area contributed by atoms with E-state index in [1.807, 2.05) is 0 Å². The third-order valence-electron chi connectivity index (χ3n) is 7.96. The van der Waals surface area contributed by atoms with Crippen LogP contribution in [0.1, 0.15) is 118 Å². The lowest BCUT2D eigenvalue weighted by Crippen LogP contribution is -2.41. The molecule has 0 N–H and O–H groups in total. The van der Waals surface area contributed by atoms with Crippen LogP contribution in [0.2, 0.25) is 18.1 Å². The van der Waals surface area contributed by atoms with E-state index in [-0.39, 0.29) is 11.0 Å². The summed E-state index contributed by atoms with van der Waals surface area (Å²) in [4.78, 5) is 11.8. The van der Waals surface area contributed by atoms with Crippen LogP contribution < -0.4 is 0 Å². The van der Waals surface area contributed by atoms with Crippen LogP contribution in [-0.2, 0) is 37.6 Å². The Kier molecular flexibility index (Phi) is 29.7. The predicted octanol–water partition coefficient (Wildman–Crippen LogP) is 8.12. The summed E-state index contributed by atoms with van der Waals surface area (Å²) in [5.41, 5.74) is 0. The molecule has 258 valence electrons. The van der Waals surface area contributed by atoms with Crippen molar-refractivity contribution in [2.75, 3.05) is 79.3 Å². The van der Waals surface area contributed by atoms with Crippen LogP contribution in [-0.4, -0.2) is 93.6 Å². The van der Waals surface area contributed by atoms with Crippen LogP contribution in [0.25, 0.3) is 0 Å². The number of rotatable bonds is 33.